The number of para-hydroxylation sites is 1. The standard InChI is InChI=1S/C19H19FN2O2S/c1-23-16-9-5-6-13(19(16)24-2)10-21-12-18-22-11-17(25-18)14-7-3-4-8-15(14)20/h3-9,11,21H,10,12H2,1-2H3. The zero-order valence-electron chi connectivity index (χ0n) is 14.1. The molecule has 25 heavy (non-hydrogen) atoms. The first-order valence-electron chi connectivity index (χ1n) is 7.83. The molecule has 1 heterocycles. The number of hydrogen-bond donors (Lipinski definition) is 1. The largest absolute Gasteiger partial charge is 0.493 e. The van der Waals surface area contributed by atoms with Crippen molar-refractivity contribution in [2.24, 2.45) is 0 Å². The first kappa shape index (κ1) is 17.4. The third-order valence-electron chi connectivity index (χ3n) is 3.77. The van der Waals surface area contributed by atoms with Gasteiger partial charge >= 0.3 is 0 Å². The highest BCUT2D eigenvalue weighted by molar-refractivity contribution is 7.15. The summed E-state index contributed by atoms with van der Waals surface area (Å²) in [5.74, 6) is 1.20. The van der Waals surface area contributed by atoms with Crippen LogP contribution in [0.25, 0.3) is 10.4 Å². The van der Waals surface area contributed by atoms with Gasteiger partial charge in [-0.3, -0.25) is 0 Å². The van der Waals surface area contributed by atoms with E-state index in [0.717, 1.165) is 21.2 Å². The average molecular weight is 358 g/mol. The van der Waals surface area contributed by atoms with Crippen molar-refractivity contribution in [3.8, 4) is 21.9 Å². The van der Waals surface area contributed by atoms with E-state index in [4.69, 9.17) is 9.47 Å². The Bertz CT molecular complexity index is 851. The Morgan fingerprint density at radius 2 is 1.88 bits per heavy atom. The highest BCUT2D eigenvalue weighted by atomic mass is 32.1. The number of halogens is 1. The molecule has 1 aromatic heterocycles. The summed E-state index contributed by atoms with van der Waals surface area (Å²) < 4.78 is 24.6. The van der Waals surface area contributed by atoms with E-state index in [9.17, 15) is 4.39 Å². The molecule has 0 spiro atoms. The fourth-order valence-electron chi connectivity index (χ4n) is 2.57. The predicted molar refractivity (Wildman–Crippen MR) is 97.6 cm³/mol. The number of ether oxygens (including phenoxy) is 2. The van der Waals surface area contributed by atoms with E-state index in [-0.39, 0.29) is 5.82 Å². The second-order valence-corrected chi connectivity index (χ2v) is 6.47. The van der Waals surface area contributed by atoms with Gasteiger partial charge in [-0.05, 0) is 12.1 Å². The van der Waals surface area contributed by atoms with Crippen molar-refractivity contribution in [1.82, 2.24) is 10.3 Å². The Morgan fingerprint density at radius 3 is 2.64 bits per heavy atom. The first-order valence-corrected chi connectivity index (χ1v) is 8.64. The van der Waals surface area contributed by atoms with E-state index in [1.807, 2.05) is 24.3 Å². The van der Waals surface area contributed by atoms with Crippen molar-refractivity contribution in [2.45, 2.75) is 13.1 Å². The number of benzene rings is 2. The van der Waals surface area contributed by atoms with Gasteiger partial charge in [0.25, 0.3) is 0 Å². The van der Waals surface area contributed by atoms with Crippen LogP contribution in [0.5, 0.6) is 11.5 Å². The normalized spacial score (nSPS) is 10.7. The fourth-order valence-corrected chi connectivity index (χ4v) is 3.49. The number of methoxy groups -OCH3 is 2. The van der Waals surface area contributed by atoms with Gasteiger partial charge in [-0.2, -0.15) is 0 Å². The minimum atomic E-state index is -0.230. The molecule has 0 aliphatic carbocycles. The van der Waals surface area contributed by atoms with Crippen LogP contribution in [-0.2, 0) is 13.1 Å². The number of thiazole rings is 1. The Labute approximate surface area is 150 Å². The Kier molecular flexibility index (Phi) is 5.63. The van der Waals surface area contributed by atoms with Crippen LogP contribution >= 0.6 is 11.3 Å². The van der Waals surface area contributed by atoms with Crippen molar-refractivity contribution in [3.63, 3.8) is 0 Å². The zero-order chi connectivity index (χ0) is 17.6. The summed E-state index contributed by atoms with van der Waals surface area (Å²) in [6.45, 7) is 1.22. The summed E-state index contributed by atoms with van der Waals surface area (Å²) in [5.41, 5.74) is 1.59. The highest BCUT2D eigenvalue weighted by Crippen LogP contribution is 2.31. The molecule has 0 aliphatic rings. The quantitative estimate of drug-likeness (QED) is 0.685. The van der Waals surface area contributed by atoms with Gasteiger partial charge in [0.2, 0.25) is 0 Å². The van der Waals surface area contributed by atoms with Crippen LogP contribution in [0.1, 0.15) is 10.6 Å². The Morgan fingerprint density at radius 1 is 1.04 bits per heavy atom. The van der Waals surface area contributed by atoms with Crippen LogP contribution < -0.4 is 14.8 Å². The van der Waals surface area contributed by atoms with Crippen LogP contribution in [0, 0.1) is 5.82 Å². The van der Waals surface area contributed by atoms with Crippen LogP contribution in [-0.4, -0.2) is 19.2 Å². The summed E-state index contributed by atoms with van der Waals surface area (Å²) in [6, 6.07) is 12.5. The minimum Gasteiger partial charge on any atom is -0.493 e. The Balaban J connectivity index is 1.65. The van der Waals surface area contributed by atoms with Crippen LogP contribution in [0.2, 0.25) is 0 Å². The number of nitrogens with zero attached hydrogens (tertiary/aromatic N) is 1. The van der Waals surface area contributed by atoms with Crippen LogP contribution in [0.4, 0.5) is 4.39 Å². The number of aromatic nitrogens is 1. The van der Waals surface area contributed by atoms with E-state index in [0.29, 0.717) is 24.4 Å². The van der Waals surface area contributed by atoms with Crippen LogP contribution in [0.3, 0.4) is 0 Å². The van der Waals surface area contributed by atoms with E-state index in [1.165, 1.54) is 17.4 Å². The lowest BCUT2D eigenvalue weighted by Crippen LogP contribution is -2.13. The van der Waals surface area contributed by atoms with Crippen molar-refractivity contribution in [1.29, 1.82) is 0 Å². The number of nitrogens with one attached hydrogen (secondary N) is 1. The van der Waals surface area contributed by atoms with Gasteiger partial charge in [0.05, 0.1) is 19.1 Å². The minimum absolute atomic E-state index is 0.230. The molecule has 0 aliphatic heterocycles. The fraction of sp³-hybridized carbons (Fsp3) is 0.211. The lowest BCUT2D eigenvalue weighted by Gasteiger charge is -2.12. The second kappa shape index (κ2) is 8.09. The van der Waals surface area contributed by atoms with Gasteiger partial charge in [-0.25, -0.2) is 9.37 Å². The van der Waals surface area contributed by atoms with Crippen molar-refractivity contribution in [3.05, 3.63) is 65.0 Å². The molecule has 0 fully saturated rings. The maximum Gasteiger partial charge on any atom is 0.165 e. The molecule has 2 aromatic carbocycles. The average Bonchev–Trinajstić information content (AvgIpc) is 3.10. The lowest BCUT2D eigenvalue weighted by atomic mass is 10.2. The monoisotopic (exact) mass is 358 g/mol. The molecule has 0 saturated carbocycles. The van der Waals surface area contributed by atoms with E-state index in [1.54, 1.807) is 32.5 Å². The number of hydrogen-bond acceptors (Lipinski definition) is 5. The molecule has 3 aromatic rings. The lowest BCUT2D eigenvalue weighted by molar-refractivity contribution is 0.350. The van der Waals surface area contributed by atoms with Crippen molar-refractivity contribution < 1.29 is 13.9 Å². The third-order valence-corrected chi connectivity index (χ3v) is 4.80. The van der Waals surface area contributed by atoms with Gasteiger partial charge in [-0.15, -0.1) is 11.3 Å². The molecule has 0 unspecified atom stereocenters. The molecule has 0 saturated heterocycles. The van der Waals surface area contributed by atoms with E-state index in [2.05, 4.69) is 10.3 Å². The molecule has 0 radical (unpaired) electrons. The summed E-state index contributed by atoms with van der Waals surface area (Å²) in [6.07, 6.45) is 1.71. The molecule has 0 atom stereocenters. The molecule has 0 amide bonds. The molecule has 6 heteroatoms. The third kappa shape index (κ3) is 3.97. The predicted octanol–water partition coefficient (Wildman–Crippen LogP) is 4.26. The second-order valence-electron chi connectivity index (χ2n) is 5.35. The maximum absolute atomic E-state index is 13.9. The maximum atomic E-state index is 13.9. The van der Waals surface area contributed by atoms with Gasteiger partial charge in [0.1, 0.15) is 10.8 Å². The molecule has 1 N–H and O–H groups in total. The summed E-state index contributed by atoms with van der Waals surface area (Å²) in [4.78, 5) is 5.20. The zero-order valence-corrected chi connectivity index (χ0v) is 14.9. The van der Waals surface area contributed by atoms with Gasteiger partial charge in [-0.1, -0.05) is 30.3 Å². The summed E-state index contributed by atoms with van der Waals surface area (Å²) in [5, 5.41) is 4.24. The summed E-state index contributed by atoms with van der Waals surface area (Å²) >= 11 is 1.48. The summed E-state index contributed by atoms with van der Waals surface area (Å²) in [7, 11) is 3.25. The molecular weight excluding hydrogens is 339 g/mol. The Hall–Kier alpha value is -2.44. The smallest absolute Gasteiger partial charge is 0.165 e. The molecule has 4 nitrogen and oxygen atoms in total. The van der Waals surface area contributed by atoms with E-state index < -0.39 is 0 Å². The topological polar surface area (TPSA) is 43.4 Å². The van der Waals surface area contributed by atoms with Gasteiger partial charge < -0.3 is 14.8 Å². The van der Waals surface area contributed by atoms with Crippen molar-refractivity contribution >= 4 is 11.3 Å². The number of rotatable bonds is 7. The van der Waals surface area contributed by atoms with Gasteiger partial charge in [0, 0.05) is 30.4 Å². The van der Waals surface area contributed by atoms with Crippen molar-refractivity contribution in [2.75, 3.05) is 14.2 Å². The first-order chi connectivity index (χ1) is 12.2. The molecule has 130 valence electrons. The molecule has 3 rings (SSSR count). The SMILES string of the molecule is COc1cccc(CNCc2ncc(-c3ccccc3F)s2)c1OC. The van der Waals surface area contributed by atoms with E-state index >= 15 is 0 Å². The van der Waals surface area contributed by atoms with Crippen LogP contribution in [0.15, 0.2) is 48.7 Å². The highest BCUT2D eigenvalue weighted by Gasteiger charge is 2.11. The van der Waals surface area contributed by atoms with Gasteiger partial charge in [0.15, 0.2) is 11.5 Å². The molecule has 0 bridgehead atoms. The molecular formula is C19H19FN2O2S.